The lowest BCUT2D eigenvalue weighted by Gasteiger charge is -2.31. The summed E-state index contributed by atoms with van der Waals surface area (Å²) >= 11 is 6.47. The average Bonchev–Trinajstić information content (AvgIpc) is 3.03. The summed E-state index contributed by atoms with van der Waals surface area (Å²) in [6.07, 6.45) is 0. The number of ketones is 1. The zero-order chi connectivity index (χ0) is 22.0. The number of likely N-dealkylation sites (tertiary alicyclic amines) is 1. The molecule has 0 unspecified atom stereocenters. The highest BCUT2D eigenvalue weighted by Gasteiger charge is 2.46. The fourth-order valence-electron chi connectivity index (χ4n) is 4.07. The Bertz CT molecular complexity index is 1010. The van der Waals surface area contributed by atoms with Crippen molar-refractivity contribution in [1.29, 1.82) is 0 Å². The Kier molecular flexibility index (Phi) is 6.41. The van der Waals surface area contributed by atoms with E-state index >= 15 is 0 Å². The van der Waals surface area contributed by atoms with E-state index in [9.17, 15) is 14.7 Å². The van der Waals surface area contributed by atoms with Crippen molar-refractivity contribution in [3.05, 3.63) is 75.8 Å². The molecule has 1 N–H and O–H groups in total. The van der Waals surface area contributed by atoms with E-state index in [-0.39, 0.29) is 11.3 Å². The Hall–Kier alpha value is -2.67. The van der Waals surface area contributed by atoms with E-state index in [1.165, 1.54) is 4.90 Å². The smallest absolute Gasteiger partial charge is 0.295 e. The monoisotopic (exact) mass is 440 g/mol. The summed E-state index contributed by atoms with van der Waals surface area (Å²) in [6, 6.07) is 13.6. The highest BCUT2D eigenvalue weighted by Crippen LogP contribution is 2.41. The molecule has 1 amide bonds. The molecule has 0 aromatic heterocycles. The van der Waals surface area contributed by atoms with Gasteiger partial charge in [0.1, 0.15) is 5.76 Å². The number of carbonyl (C=O) groups is 2. The van der Waals surface area contributed by atoms with Gasteiger partial charge in [-0.3, -0.25) is 14.5 Å². The summed E-state index contributed by atoms with van der Waals surface area (Å²) in [6.45, 7) is 5.78. The molecule has 162 valence electrons. The lowest BCUT2D eigenvalue weighted by atomic mass is 9.95. The van der Waals surface area contributed by atoms with Crippen LogP contribution in [0.1, 0.15) is 22.7 Å². The highest BCUT2D eigenvalue weighted by molar-refractivity contribution is 6.47. The molecule has 4 rings (SSSR count). The van der Waals surface area contributed by atoms with Crippen molar-refractivity contribution in [2.75, 3.05) is 39.4 Å². The second kappa shape index (κ2) is 9.22. The molecule has 2 saturated heterocycles. The minimum absolute atomic E-state index is 0.0731. The molecular formula is C24H25ClN2O4. The van der Waals surface area contributed by atoms with Crippen LogP contribution in [0.25, 0.3) is 5.76 Å². The molecule has 2 aromatic rings. The number of aryl methyl sites for hydroxylation is 1. The van der Waals surface area contributed by atoms with E-state index in [0.717, 1.165) is 18.7 Å². The molecule has 2 heterocycles. The van der Waals surface area contributed by atoms with E-state index in [4.69, 9.17) is 16.3 Å². The van der Waals surface area contributed by atoms with Crippen molar-refractivity contribution in [3.8, 4) is 0 Å². The molecule has 2 fully saturated rings. The van der Waals surface area contributed by atoms with Crippen LogP contribution in [0, 0.1) is 6.92 Å². The summed E-state index contributed by atoms with van der Waals surface area (Å²) in [4.78, 5) is 29.8. The largest absolute Gasteiger partial charge is 0.507 e. The molecule has 0 bridgehead atoms. The van der Waals surface area contributed by atoms with Gasteiger partial charge in [-0.25, -0.2) is 0 Å². The van der Waals surface area contributed by atoms with E-state index in [0.29, 0.717) is 42.5 Å². The summed E-state index contributed by atoms with van der Waals surface area (Å²) in [5.41, 5.74) is 2.22. The van der Waals surface area contributed by atoms with Crippen LogP contribution in [0.4, 0.5) is 0 Å². The van der Waals surface area contributed by atoms with Gasteiger partial charge in [-0.15, -0.1) is 0 Å². The number of amides is 1. The van der Waals surface area contributed by atoms with Crippen molar-refractivity contribution < 1.29 is 19.4 Å². The second-order valence-corrected chi connectivity index (χ2v) is 8.24. The normalized spacial score (nSPS) is 21.6. The van der Waals surface area contributed by atoms with E-state index < -0.39 is 17.7 Å². The molecule has 2 aromatic carbocycles. The van der Waals surface area contributed by atoms with Gasteiger partial charge in [0.15, 0.2) is 0 Å². The lowest BCUT2D eigenvalue weighted by molar-refractivity contribution is -0.140. The van der Waals surface area contributed by atoms with Gasteiger partial charge in [0.2, 0.25) is 0 Å². The van der Waals surface area contributed by atoms with Crippen LogP contribution >= 0.6 is 11.6 Å². The average molecular weight is 441 g/mol. The van der Waals surface area contributed by atoms with Crippen molar-refractivity contribution in [3.63, 3.8) is 0 Å². The van der Waals surface area contributed by atoms with Crippen molar-refractivity contribution in [2.45, 2.75) is 13.0 Å². The first-order chi connectivity index (χ1) is 15.0. The number of hydrogen-bond acceptors (Lipinski definition) is 5. The van der Waals surface area contributed by atoms with Gasteiger partial charge in [0.25, 0.3) is 11.7 Å². The van der Waals surface area contributed by atoms with Gasteiger partial charge in [0.05, 0.1) is 24.8 Å². The number of halogens is 1. The molecule has 2 aliphatic rings. The third kappa shape index (κ3) is 4.37. The van der Waals surface area contributed by atoms with Crippen molar-refractivity contribution in [2.24, 2.45) is 0 Å². The maximum absolute atomic E-state index is 13.1. The third-order valence-electron chi connectivity index (χ3n) is 5.83. The Morgan fingerprint density at radius 3 is 2.42 bits per heavy atom. The number of nitrogens with zero attached hydrogens (tertiary/aromatic N) is 2. The fraction of sp³-hybridized carbons (Fsp3) is 0.333. The van der Waals surface area contributed by atoms with E-state index in [1.807, 2.05) is 25.1 Å². The van der Waals surface area contributed by atoms with Gasteiger partial charge in [-0.1, -0.05) is 59.6 Å². The van der Waals surface area contributed by atoms with Crippen molar-refractivity contribution in [1.82, 2.24) is 9.80 Å². The molecule has 2 aliphatic heterocycles. The number of benzene rings is 2. The zero-order valence-electron chi connectivity index (χ0n) is 17.4. The quantitative estimate of drug-likeness (QED) is 0.438. The maximum Gasteiger partial charge on any atom is 0.295 e. The van der Waals surface area contributed by atoms with Crippen LogP contribution in [0.3, 0.4) is 0 Å². The number of hydrogen-bond donors (Lipinski definition) is 1. The van der Waals surface area contributed by atoms with Gasteiger partial charge in [0, 0.05) is 36.8 Å². The second-order valence-electron chi connectivity index (χ2n) is 7.83. The zero-order valence-corrected chi connectivity index (χ0v) is 18.1. The third-order valence-corrected chi connectivity index (χ3v) is 6.17. The number of morpholine rings is 1. The summed E-state index contributed by atoms with van der Waals surface area (Å²) in [5.74, 6) is -1.49. The Labute approximate surface area is 186 Å². The molecule has 0 aliphatic carbocycles. The number of rotatable bonds is 5. The van der Waals surface area contributed by atoms with Gasteiger partial charge in [-0.2, -0.15) is 0 Å². The SMILES string of the molecule is Cc1ccc(C(O)=C2C(=O)C(=O)N(CCN3CCOCC3)[C@@H]2c2ccccc2Cl)cc1. The predicted molar refractivity (Wildman–Crippen MR) is 119 cm³/mol. The minimum atomic E-state index is -0.740. The lowest BCUT2D eigenvalue weighted by Crippen LogP contribution is -2.42. The molecule has 0 radical (unpaired) electrons. The molecule has 1 atom stereocenters. The Balaban J connectivity index is 1.75. The molecular weight excluding hydrogens is 416 g/mol. The molecule has 31 heavy (non-hydrogen) atoms. The first kappa shape index (κ1) is 21.6. The minimum Gasteiger partial charge on any atom is -0.507 e. The molecule has 6 nitrogen and oxygen atoms in total. The van der Waals surface area contributed by atoms with Crippen LogP contribution in [-0.4, -0.2) is 66.0 Å². The van der Waals surface area contributed by atoms with Crippen LogP contribution in [0.2, 0.25) is 5.02 Å². The summed E-state index contributed by atoms with van der Waals surface area (Å²) in [7, 11) is 0. The Morgan fingerprint density at radius 2 is 1.74 bits per heavy atom. The van der Waals surface area contributed by atoms with Crippen LogP contribution in [0.15, 0.2) is 54.1 Å². The van der Waals surface area contributed by atoms with Crippen LogP contribution < -0.4 is 0 Å². The first-order valence-corrected chi connectivity index (χ1v) is 10.7. The van der Waals surface area contributed by atoms with Gasteiger partial charge < -0.3 is 14.7 Å². The van der Waals surface area contributed by atoms with E-state index in [2.05, 4.69) is 4.90 Å². The number of ether oxygens (including phenoxy) is 1. The fourth-order valence-corrected chi connectivity index (χ4v) is 4.31. The number of aliphatic hydroxyl groups is 1. The maximum atomic E-state index is 13.1. The van der Waals surface area contributed by atoms with E-state index in [1.54, 1.807) is 30.3 Å². The number of Topliss-reactive ketones (excluding diaryl/α,β-unsaturated/α-hetero) is 1. The number of carbonyl (C=O) groups excluding carboxylic acids is 2. The standard InChI is InChI=1S/C24H25ClN2O4/c1-16-6-8-17(9-7-16)22(28)20-21(18-4-2-3-5-19(18)25)27(24(30)23(20)29)11-10-26-12-14-31-15-13-26/h2-9,21,28H,10-15H2,1H3/t21-/m1/s1. The summed E-state index contributed by atoms with van der Waals surface area (Å²) < 4.78 is 5.39. The topological polar surface area (TPSA) is 70.1 Å². The predicted octanol–water partition coefficient (Wildman–Crippen LogP) is 3.40. The van der Waals surface area contributed by atoms with Crippen molar-refractivity contribution >= 4 is 29.1 Å². The number of aliphatic hydroxyl groups excluding tert-OH is 1. The molecule has 0 saturated carbocycles. The molecule has 7 heteroatoms. The highest BCUT2D eigenvalue weighted by atomic mass is 35.5. The Morgan fingerprint density at radius 1 is 1.06 bits per heavy atom. The summed E-state index contributed by atoms with van der Waals surface area (Å²) in [5, 5.41) is 11.5. The van der Waals surface area contributed by atoms with Crippen LogP contribution in [-0.2, 0) is 14.3 Å². The van der Waals surface area contributed by atoms with Crippen LogP contribution in [0.5, 0.6) is 0 Å². The van der Waals surface area contributed by atoms with Gasteiger partial charge in [-0.05, 0) is 18.6 Å². The first-order valence-electron chi connectivity index (χ1n) is 10.4. The van der Waals surface area contributed by atoms with Gasteiger partial charge >= 0.3 is 0 Å². The molecule has 0 spiro atoms.